The number of benzene rings is 1. The summed E-state index contributed by atoms with van der Waals surface area (Å²) in [5, 5.41) is 5.72. The zero-order valence-electron chi connectivity index (χ0n) is 16.4. The number of carbonyl (C=O) groups excluding carboxylic acids is 1. The molecule has 0 radical (unpaired) electrons. The van der Waals surface area contributed by atoms with E-state index in [-0.39, 0.29) is 17.7 Å². The van der Waals surface area contributed by atoms with Gasteiger partial charge in [0.1, 0.15) is 11.4 Å². The van der Waals surface area contributed by atoms with Gasteiger partial charge in [0.2, 0.25) is 11.9 Å². The third-order valence-corrected chi connectivity index (χ3v) is 5.30. The predicted octanol–water partition coefficient (Wildman–Crippen LogP) is 3.51. The second-order valence-electron chi connectivity index (χ2n) is 7.54. The van der Waals surface area contributed by atoms with Crippen molar-refractivity contribution in [3.05, 3.63) is 41.6 Å². The minimum atomic E-state index is -4.57. The predicted molar refractivity (Wildman–Crippen MR) is 108 cm³/mol. The summed E-state index contributed by atoms with van der Waals surface area (Å²) < 4.78 is 40.2. The molecule has 1 heterocycles. The van der Waals surface area contributed by atoms with E-state index in [2.05, 4.69) is 20.6 Å². The molecule has 0 bridgehead atoms. The van der Waals surface area contributed by atoms with Crippen LogP contribution in [0.4, 0.5) is 30.6 Å². The molecule has 3 rings (SSSR count). The molecule has 0 aliphatic heterocycles. The molecular formula is C20H25F3N6O. The van der Waals surface area contributed by atoms with Gasteiger partial charge in [0.25, 0.3) is 0 Å². The van der Waals surface area contributed by atoms with E-state index in [4.69, 9.17) is 11.5 Å². The number of amides is 1. The summed E-state index contributed by atoms with van der Waals surface area (Å²) in [5.74, 6) is -0.150. The molecule has 1 aliphatic rings. The molecule has 10 heteroatoms. The molecule has 1 aromatic heterocycles. The van der Waals surface area contributed by atoms with E-state index in [1.807, 2.05) is 0 Å². The van der Waals surface area contributed by atoms with Crippen molar-refractivity contribution in [2.45, 2.75) is 31.9 Å². The Labute approximate surface area is 172 Å². The van der Waals surface area contributed by atoms with Crippen LogP contribution in [0.1, 0.15) is 41.6 Å². The van der Waals surface area contributed by atoms with E-state index >= 15 is 0 Å². The molecule has 6 N–H and O–H groups in total. The topological polar surface area (TPSA) is 119 Å². The van der Waals surface area contributed by atoms with Gasteiger partial charge in [-0.1, -0.05) is 6.42 Å². The number of nitrogens with two attached hydrogens (primary N) is 2. The van der Waals surface area contributed by atoms with Gasteiger partial charge in [-0.05, 0) is 61.9 Å². The first-order valence-electron chi connectivity index (χ1n) is 9.81. The van der Waals surface area contributed by atoms with Crippen molar-refractivity contribution in [1.29, 1.82) is 0 Å². The lowest BCUT2D eigenvalue weighted by molar-refractivity contribution is -0.137. The molecule has 2 atom stereocenters. The lowest BCUT2D eigenvalue weighted by Crippen LogP contribution is -2.27. The summed E-state index contributed by atoms with van der Waals surface area (Å²) in [6.07, 6.45) is 0.130. The highest BCUT2D eigenvalue weighted by atomic mass is 19.4. The zero-order chi connectivity index (χ0) is 21.7. The van der Waals surface area contributed by atoms with Crippen molar-refractivity contribution in [2.24, 2.45) is 23.3 Å². The Bertz CT molecular complexity index is 872. The van der Waals surface area contributed by atoms with Gasteiger partial charge in [-0.15, -0.1) is 0 Å². The van der Waals surface area contributed by atoms with E-state index in [1.54, 1.807) is 12.1 Å². The van der Waals surface area contributed by atoms with Crippen molar-refractivity contribution in [2.75, 3.05) is 23.7 Å². The molecule has 2 aromatic rings. The Morgan fingerprint density at radius 2 is 1.87 bits per heavy atom. The van der Waals surface area contributed by atoms with Gasteiger partial charge in [0, 0.05) is 24.0 Å². The van der Waals surface area contributed by atoms with Crippen molar-refractivity contribution >= 4 is 23.4 Å². The summed E-state index contributed by atoms with van der Waals surface area (Å²) in [4.78, 5) is 19.0. The molecule has 1 fully saturated rings. The first-order chi connectivity index (χ1) is 14.3. The van der Waals surface area contributed by atoms with Gasteiger partial charge >= 0.3 is 6.18 Å². The van der Waals surface area contributed by atoms with Crippen LogP contribution < -0.4 is 22.1 Å². The third kappa shape index (κ3) is 5.59. The molecule has 0 saturated heterocycles. The fraction of sp³-hybridized carbons (Fsp3) is 0.450. The first-order valence-corrected chi connectivity index (χ1v) is 9.81. The normalized spacial score (nSPS) is 19.3. The molecule has 1 amide bonds. The van der Waals surface area contributed by atoms with Crippen LogP contribution >= 0.6 is 0 Å². The molecule has 30 heavy (non-hydrogen) atoms. The molecule has 1 aromatic carbocycles. The van der Waals surface area contributed by atoms with E-state index in [9.17, 15) is 18.0 Å². The standard InChI is InChI=1S/C20H25F3N6O/c21-20(22,23)16-11-27-19(28-15-6-4-14(5-7-15)17(25)30)29-18(16)26-10-13-3-1-2-12(8-13)9-24/h4-7,11-13H,1-3,8-10,24H2,(H2,25,30)(H2,26,27,28,29). The number of anilines is 3. The van der Waals surface area contributed by atoms with Gasteiger partial charge in [0.05, 0.1) is 0 Å². The first kappa shape index (κ1) is 21.8. The highest BCUT2D eigenvalue weighted by Crippen LogP contribution is 2.35. The van der Waals surface area contributed by atoms with Crippen LogP contribution in [0.15, 0.2) is 30.5 Å². The summed E-state index contributed by atoms with van der Waals surface area (Å²) in [5.41, 5.74) is 10.9. The van der Waals surface area contributed by atoms with E-state index in [0.717, 1.165) is 31.9 Å². The SMILES string of the molecule is NCC1CCCC(CNc2nc(Nc3ccc(C(N)=O)cc3)ncc2C(F)(F)F)C1. The Balaban J connectivity index is 1.75. The number of carbonyl (C=O) groups is 1. The Morgan fingerprint density at radius 3 is 2.50 bits per heavy atom. The number of rotatable bonds is 7. The monoisotopic (exact) mass is 422 g/mol. The maximum absolute atomic E-state index is 13.4. The largest absolute Gasteiger partial charge is 0.421 e. The van der Waals surface area contributed by atoms with E-state index in [1.165, 1.54) is 12.1 Å². The molecule has 0 spiro atoms. The van der Waals surface area contributed by atoms with Crippen LogP contribution in [-0.4, -0.2) is 29.0 Å². The minimum Gasteiger partial charge on any atom is -0.369 e. The Kier molecular flexibility index (Phi) is 6.76. The quantitative estimate of drug-likeness (QED) is 0.542. The minimum absolute atomic E-state index is 0.0146. The maximum Gasteiger partial charge on any atom is 0.421 e. The summed E-state index contributed by atoms with van der Waals surface area (Å²) in [7, 11) is 0. The molecule has 1 aliphatic carbocycles. The maximum atomic E-state index is 13.4. The van der Waals surface area contributed by atoms with E-state index < -0.39 is 17.6 Å². The molecule has 7 nitrogen and oxygen atoms in total. The number of aromatic nitrogens is 2. The fourth-order valence-corrected chi connectivity index (χ4v) is 3.67. The molecule has 2 unspecified atom stereocenters. The number of alkyl halides is 3. The fourth-order valence-electron chi connectivity index (χ4n) is 3.67. The second-order valence-corrected chi connectivity index (χ2v) is 7.54. The highest BCUT2D eigenvalue weighted by Gasteiger charge is 2.35. The van der Waals surface area contributed by atoms with E-state index in [0.29, 0.717) is 30.3 Å². The van der Waals surface area contributed by atoms with Crippen LogP contribution in [0, 0.1) is 11.8 Å². The van der Waals surface area contributed by atoms with Crippen molar-refractivity contribution in [3.8, 4) is 0 Å². The van der Waals surface area contributed by atoms with Gasteiger partial charge in [-0.3, -0.25) is 4.79 Å². The van der Waals surface area contributed by atoms with Crippen LogP contribution in [0.5, 0.6) is 0 Å². The van der Waals surface area contributed by atoms with Gasteiger partial charge in [-0.25, -0.2) is 4.98 Å². The number of nitrogens with one attached hydrogen (secondary N) is 2. The third-order valence-electron chi connectivity index (χ3n) is 5.30. The molecule has 162 valence electrons. The van der Waals surface area contributed by atoms with Crippen molar-refractivity contribution in [3.63, 3.8) is 0 Å². The molecular weight excluding hydrogens is 397 g/mol. The number of primary amides is 1. The van der Waals surface area contributed by atoms with Crippen LogP contribution in [0.25, 0.3) is 0 Å². The van der Waals surface area contributed by atoms with Crippen molar-refractivity contribution in [1.82, 2.24) is 9.97 Å². The average molecular weight is 422 g/mol. The lowest BCUT2D eigenvalue weighted by Gasteiger charge is -2.28. The number of hydrogen-bond donors (Lipinski definition) is 4. The Hall–Kier alpha value is -2.88. The van der Waals surface area contributed by atoms with Gasteiger partial charge in [0.15, 0.2) is 0 Å². The summed E-state index contributed by atoms with van der Waals surface area (Å²) in [6.45, 7) is 0.990. The van der Waals surface area contributed by atoms with Crippen LogP contribution in [-0.2, 0) is 6.18 Å². The molecule has 1 saturated carbocycles. The lowest BCUT2D eigenvalue weighted by atomic mass is 9.81. The smallest absolute Gasteiger partial charge is 0.369 e. The summed E-state index contributed by atoms with van der Waals surface area (Å²) >= 11 is 0. The highest BCUT2D eigenvalue weighted by molar-refractivity contribution is 5.93. The van der Waals surface area contributed by atoms with Crippen molar-refractivity contribution < 1.29 is 18.0 Å². The zero-order valence-corrected chi connectivity index (χ0v) is 16.4. The number of hydrogen-bond acceptors (Lipinski definition) is 6. The van der Waals surface area contributed by atoms with Crippen LogP contribution in [0.2, 0.25) is 0 Å². The van der Waals surface area contributed by atoms with Gasteiger partial charge < -0.3 is 22.1 Å². The van der Waals surface area contributed by atoms with Crippen LogP contribution in [0.3, 0.4) is 0 Å². The second kappa shape index (κ2) is 9.29. The summed E-state index contributed by atoms with van der Waals surface area (Å²) in [6, 6.07) is 6.15. The number of halogens is 3. The average Bonchev–Trinajstić information content (AvgIpc) is 2.72. The number of nitrogens with zero attached hydrogens (tertiary/aromatic N) is 2. The van der Waals surface area contributed by atoms with Gasteiger partial charge in [-0.2, -0.15) is 18.2 Å². The Morgan fingerprint density at radius 1 is 1.17 bits per heavy atom.